The Labute approximate surface area is 141 Å². The highest BCUT2D eigenvalue weighted by atomic mass is 16.3. The standard InChI is InChI=1S/C21H33NO/c1-13-21(22-13)11-8-18-16-5-4-14-12-15(23)6-9-19(14,2)17(16)7-10-20(18,21)3/h4,13,15-18,22-23H,5-12H2,1-3H3/t13-,15+,16?,17?,18?,19+,20+,21-/m1/s1. The minimum Gasteiger partial charge on any atom is -0.393 e. The number of nitrogens with one attached hydrogen (secondary N) is 1. The molecule has 8 atom stereocenters. The van der Waals surface area contributed by atoms with E-state index < -0.39 is 0 Å². The lowest BCUT2D eigenvalue weighted by atomic mass is 9.47. The van der Waals surface area contributed by atoms with Crippen LogP contribution in [0.25, 0.3) is 0 Å². The maximum absolute atomic E-state index is 10.1. The van der Waals surface area contributed by atoms with E-state index in [-0.39, 0.29) is 6.10 Å². The molecule has 1 saturated heterocycles. The van der Waals surface area contributed by atoms with Gasteiger partial charge in [-0.3, -0.25) is 0 Å². The van der Waals surface area contributed by atoms with E-state index in [2.05, 4.69) is 32.2 Å². The molecule has 0 aromatic carbocycles. The molecule has 4 aliphatic carbocycles. The molecule has 4 fully saturated rings. The van der Waals surface area contributed by atoms with E-state index in [1.165, 1.54) is 38.5 Å². The van der Waals surface area contributed by atoms with Gasteiger partial charge in [0.2, 0.25) is 0 Å². The van der Waals surface area contributed by atoms with Crippen LogP contribution < -0.4 is 5.32 Å². The number of fused-ring (bicyclic) bond motifs is 6. The number of aliphatic hydroxyl groups is 1. The fourth-order valence-corrected chi connectivity index (χ4v) is 8.01. The number of hydrogen-bond acceptors (Lipinski definition) is 2. The Balaban J connectivity index is 1.50. The molecule has 128 valence electrons. The topological polar surface area (TPSA) is 42.2 Å². The van der Waals surface area contributed by atoms with Gasteiger partial charge in [0, 0.05) is 11.6 Å². The molecular formula is C21H33NO. The lowest BCUT2D eigenvalue weighted by Crippen LogP contribution is -2.52. The van der Waals surface area contributed by atoms with E-state index in [1.54, 1.807) is 5.57 Å². The second kappa shape index (κ2) is 4.43. The van der Waals surface area contributed by atoms with Crippen LogP contribution in [-0.2, 0) is 0 Å². The average Bonchev–Trinajstić information content (AvgIpc) is 3.08. The smallest absolute Gasteiger partial charge is 0.0577 e. The largest absolute Gasteiger partial charge is 0.393 e. The van der Waals surface area contributed by atoms with Crippen molar-refractivity contribution in [1.82, 2.24) is 5.32 Å². The SMILES string of the molecule is C[C@H]1N[C@]12CCC1C3CC=C4C[C@@H](O)CC[C@]4(C)C3CC[C@@]12C. The molecule has 23 heavy (non-hydrogen) atoms. The van der Waals surface area contributed by atoms with Crippen molar-refractivity contribution in [2.45, 2.75) is 89.8 Å². The minimum atomic E-state index is -0.0778. The first kappa shape index (κ1) is 15.0. The Morgan fingerprint density at radius 3 is 2.57 bits per heavy atom. The molecule has 2 heteroatoms. The van der Waals surface area contributed by atoms with Gasteiger partial charge in [-0.1, -0.05) is 25.5 Å². The molecule has 1 aliphatic heterocycles. The third-order valence-electron chi connectivity index (χ3n) is 9.47. The second-order valence-corrected chi connectivity index (χ2v) is 9.99. The van der Waals surface area contributed by atoms with Crippen LogP contribution in [0.1, 0.15) is 72.1 Å². The van der Waals surface area contributed by atoms with Gasteiger partial charge in [0.1, 0.15) is 0 Å². The summed E-state index contributed by atoms with van der Waals surface area (Å²) in [6.45, 7) is 7.55. The average molecular weight is 316 g/mol. The van der Waals surface area contributed by atoms with Crippen LogP contribution in [-0.4, -0.2) is 22.8 Å². The highest BCUT2D eigenvalue weighted by Crippen LogP contribution is 2.70. The van der Waals surface area contributed by atoms with Gasteiger partial charge in [0.05, 0.1) is 6.10 Å². The van der Waals surface area contributed by atoms with Crippen LogP contribution in [0.2, 0.25) is 0 Å². The lowest BCUT2D eigenvalue weighted by Gasteiger charge is -2.58. The van der Waals surface area contributed by atoms with E-state index >= 15 is 0 Å². The summed E-state index contributed by atoms with van der Waals surface area (Å²) in [7, 11) is 0. The molecule has 2 N–H and O–H groups in total. The summed E-state index contributed by atoms with van der Waals surface area (Å²) in [6.07, 6.45) is 12.6. The van der Waals surface area contributed by atoms with Crippen molar-refractivity contribution in [3.63, 3.8) is 0 Å². The number of allylic oxidation sites excluding steroid dienone is 1. The summed E-state index contributed by atoms with van der Waals surface area (Å²) in [6, 6.07) is 0.740. The Morgan fingerprint density at radius 1 is 1.09 bits per heavy atom. The van der Waals surface area contributed by atoms with Crippen LogP contribution in [0.5, 0.6) is 0 Å². The molecule has 0 bridgehead atoms. The van der Waals surface area contributed by atoms with Crippen molar-refractivity contribution in [2.75, 3.05) is 0 Å². The summed E-state index contributed by atoms with van der Waals surface area (Å²) in [4.78, 5) is 0. The predicted molar refractivity (Wildman–Crippen MR) is 93.0 cm³/mol. The lowest BCUT2D eigenvalue weighted by molar-refractivity contribution is -0.0446. The van der Waals surface area contributed by atoms with Gasteiger partial charge in [-0.2, -0.15) is 0 Å². The molecule has 3 unspecified atom stereocenters. The van der Waals surface area contributed by atoms with E-state index in [9.17, 15) is 5.11 Å². The zero-order valence-electron chi connectivity index (χ0n) is 15.1. The Kier molecular flexibility index (Phi) is 2.88. The van der Waals surface area contributed by atoms with E-state index in [0.717, 1.165) is 36.6 Å². The molecule has 1 spiro atoms. The molecule has 3 saturated carbocycles. The monoisotopic (exact) mass is 315 g/mol. The van der Waals surface area contributed by atoms with E-state index in [0.29, 0.717) is 16.4 Å². The summed E-state index contributed by atoms with van der Waals surface area (Å²) in [5.74, 6) is 2.68. The molecule has 2 nitrogen and oxygen atoms in total. The normalized spacial score (nSPS) is 60.7. The van der Waals surface area contributed by atoms with Crippen LogP contribution in [0.3, 0.4) is 0 Å². The van der Waals surface area contributed by atoms with Crippen LogP contribution in [0, 0.1) is 28.6 Å². The number of rotatable bonds is 0. The fraction of sp³-hybridized carbons (Fsp3) is 0.905. The van der Waals surface area contributed by atoms with Gasteiger partial charge in [0.15, 0.2) is 0 Å². The number of hydrogen-bond donors (Lipinski definition) is 2. The van der Waals surface area contributed by atoms with Gasteiger partial charge in [-0.15, -0.1) is 0 Å². The summed E-state index contributed by atoms with van der Waals surface area (Å²) in [5.41, 5.74) is 3.01. The first-order valence-electron chi connectivity index (χ1n) is 10.1. The molecule has 0 amide bonds. The van der Waals surface area contributed by atoms with Gasteiger partial charge in [0.25, 0.3) is 0 Å². The third kappa shape index (κ3) is 1.68. The Bertz CT molecular complexity index is 570. The van der Waals surface area contributed by atoms with Gasteiger partial charge < -0.3 is 10.4 Å². The molecule has 0 radical (unpaired) electrons. The third-order valence-corrected chi connectivity index (χ3v) is 9.47. The predicted octanol–water partition coefficient (Wildman–Crippen LogP) is 4.04. The quantitative estimate of drug-likeness (QED) is 0.523. The Morgan fingerprint density at radius 2 is 1.83 bits per heavy atom. The molecule has 0 aromatic heterocycles. The van der Waals surface area contributed by atoms with Crippen molar-refractivity contribution in [3.8, 4) is 0 Å². The van der Waals surface area contributed by atoms with Crippen LogP contribution in [0.15, 0.2) is 11.6 Å². The highest BCUT2D eigenvalue weighted by molar-refractivity contribution is 5.30. The molecule has 5 rings (SSSR count). The van der Waals surface area contributed by atoms with Crippen LogP contribution >= 0.6 is 0 Å². The van der Waals surface area contributed by atoms with Crippen molar-refractivity contribution in [2.24, 2.45) is 28.6 Å². The zero-order valence-corrected chi connectivity index (χ0v) is 15.1. The first-order chi connectivity index (χ1) is 10.9. The molecule has 5 aliphatic rings. The summed E-state index contributed by atoms with van der Waals surface area (Å²) in [5, 5.41) is 14.0. The Hall–Kier alpha value is -0.340. The van der Waals surface area contributed by atoms with E-state index in [1.807, 2.05) is 0 Å². The molecular weight excluding hydrogens is 282 g/mol. The van der Waals surface area contributed by atoms with Crippen molar-refractivity contribution in [3.05, 3.63) is 11.6 Å². The van der Waals surface area contributed by atoms with Gasteiger partial charge >= 0.3 is 0 Å². The second-order valence-electron chi connectivity index (χ2n) is 9.99. The van der Waals surface area contributed by atoms with Gasteiger partial charge in [-0.25, -0.2) is 0 Å². The van der Waals surface area contributed by atoms with Gasteiger partial charge in [-0.05, 0) is 86.9 Å². The van der Waals surface area contributed by atoms with Crippen molar-refractivity contribution < 1.29 is 5.11 Å². The maximum atomic E-state index is 10.1. The highest BCUT2D eigenvalue weighted by Gasteiger charge is 2.71. The number of aliphatic hydroxyl groups excluding tert-OH is 1. The van der Waals surface area contributed by atoms with Crippen LogP contribution in [0.4, 0.5) is 0 Å². The molecule has 1 heterocycles. The maximum Gasteiger partial charge on any atom is 0.0577 e. The van der Waals surface area contributed by atoms with E-state index in [4.69, 9.17) is 0 Å². The molecule has 0 aromatic rings. The zero-order chi connectivity index (χ0) is 16.0. The van der Waals surface area contributed by atoms with Crippen molar-refractivity contribution in [1.29, 1.82) is 0 Å². The first-order valence-corrected chi connectivity index (χ1v) is 10.1. The minimum absolute atomic E-state index is 0.0778. The summed E-state index contributed by atoms with van der Waals surface area (Å²) < 4.78 is 0. The fourth-order valence-electron chi connectivity index (χ4n) is 8.01. The summed E-state index contributed by atoms with van der Waals surface area (Å²) >= 11 is 0. The van der Waals surface area contributed by atoms with Crippen molar-refractivity contribution >= 4 is 0 Å².